The minimum Gasteiger partial charge on any atom is -0.481 e. The lowest BCUT2D eigenvalue weighted by Crippen LogP contribution is -2.41. The number of nitrogens with two attached hydrogens (primary N) is 1. The minimum atomic E-state index is -1.28. The monoisotopic (exact) mass is 280 g/mol. The average molecular weight is 280 g/mol. The van der Waals surface area contributed by atoms with Crippen LogP contribution in [-0.2, 0) is 9.59 Å². The molecule has 0 radical (unpaired) electrons. The largest absolute Gasteiger partial charge is 0.481 e. The molecule has 0 aliphatic rings. The van der Waals surface area contributed by atoms with Crippen molar-refractivity contribution in [2.45, 2.75) is 25.8 Å². The Morgan fingerprint density at radius 2 is 1.95 bits per heavy atom. The Labute approximate surface area is 115 Å². The SMILES string of the molecule is Cc1c(N)cccc1C(=O)NC(CCC(=O)O)C(=O)O. The third-order valence-corrected chi connectivity index (χ3v) is 2.87. The second-order valence-electron chi connectivity index (χ2n) is 4.32. The molecule has 5 N–H and O–H groups in total. The van der Waals surface area contributed by atoms with Crippen LogP contribution < -0.4 is 11.1 Å². The highest BCUT2D eigenvalue weighted by Crippen LogP contribution is 2.15. The number of carbonyl (C=O) groups excluding carboxylic acids is 1. The molecule has 0 fully saturated rings. The maximum Gasteiger partial charge on any atom is 0.326 e. The van der Waals surface area contributed by atoms with Crippen molar-refractivity contribution in [2.75, 3.05) is 5.73 Å². The number of amides is 1. The molecule has 0 saturated carbocycles. The fourth-order valence-corrected chi connectivity index (χ4v) is 1.66. The predicted molar refractivity (Wildman–Crippen MR) is 71.4 cm³/mol. The highest BCUT2D eigenvalue weighted by molar-refractivity contribution is 5.98. The topological polar surface area (TPSA) is 130 Å². The Kier molecular flexibility index (Phi) is 5.08. The van der Waals surface area contributed by atoms with E-state index in [9.17, 15) is 14.4 Å². The second-order valence-corrected chi connectivity index (χ2v) is 4.32. The lowest BCUT2D eigenvalue weighted by atomic mass is 10.1. The zero-order valence-electron chi connectivity index (χ0n) is 10.9. The van der Waals surface area contributed by atoms with Gasteiger partial charge in [-0.1, -0.05) is 6.07 Å². The van der Waals surface area contributed by atoms with Crippen LogP contribution in [0.3, 0.4) is 0 Å². The summed E-state index contributed by atoms with van der Waals surface area (Å²) in [7, 11) is 0. The van der Waals surface area contributed by atoms with Gasteiger partial charge in [0.15, 0.2) is 0 Å². The van der Waals surface area contributed by atoms with Gasteiger partial charge in [-0.3, -0.25) is 9.59 Å². The second kappa shape index (κ2) is 6.55. The number of carboxylic acid groups (broad SMARTS) is 2. The molecule has 0 bridgehead atoms. The summed E-state index contributed by atoms with van der Waals surface area (Å²) in [5, 5.41) is 19.8. The van der Waals surface area contributed by atoms with Crippen LogP contribution in [0.4, 0.5) is 5.69 Å². The molecular formula is C13H16N2O5. The summed E-state index contributed by atoms with van der Waals surface area (Å²) in [5.41, 5.74) is 6.92. The number of carboxylic acids is 2. The lowest BCUT2D eigenvalue weighted by molar-refractivity contribution is -0.140. The van der Waals surface area contributed by atoms with Gasteiger partial charge in [0.25, 0.3) is 5.91 Å². The van der Waals surface area contributed by atoms with E-state index in [0.717, 1.165) is 0 Å². The van der Waals surface area contributed by atoms with Gasteiger partial charge >= 0.3 is 11.9 Å². The maximum atomic E-state index is 12.0. The number of hydrogen-bond donors (Lipinski definition) is 4. The normalized spacial score (nSPS) is 11.7. The van der Waals surface area contributed by atoms with Gasteiger partial charge in [-0.15, -0.1) is 0 Å². The van der Waals surface area contributed by atoms with Crippen LogP contribution in [0.1, 0.15) is 28.8 Å². The smallest absolute Gasteiger partial charge is 0.326 e. The number of aliphatic carboxylic acids is 2. The van der Waals surface area contributed by atoms with Crippen molar-refractivity contribution in [1.82, 2.24) is 5.32 Å². The quantitative estimate of drug-likeness (QED) is 0.565. The molecule has 1 aromatic carbocycles. The average Bonchev–Trinajstić information content (AvgIpc) is 2.36. The number of nitrogen functional groups attached to an aromatic ring is 1. The van der Waals surface area contributed by atoms with Gasteiger partial charge in [-0.2, -0.15) is 0 Å². The van der Waals surface area contributed by atoms with E-state index in [0.29, 0.717) is 11.3 Å². The van der Waals surface area contributed by atoms with Crippen molar-refractivity contribution >= 4 is 23.5 Å². The first-order valence-corrected chi connectivity index (χ1v) is 5.93. The Balaban J connectivity index is 2.83. The van der Waals surface area contributed by atoms with E-state index in [1.165, 1.54) is 6.07 Å². The highest BCUT2D eigenvalue weighted by Gasteiger charge is 2.22. The zero-order valence-corrected chi connectivity index (χ0v) is 10.9. The van der Waals surface area contributed by atoms with Crippen molar-refractivity contribution < 1.29 is 24.6 Å². The third kappa shape index (κ3) is 3.98. The Morgan fingerprint density at radius 3 is 2.50 bits per heavy atom. The van der Waals surface area contributed by atoms with Crippen molar-refractivity contribution in [3.63, 3.8) is 0 Å². The molecule has 0 aromatic heterocycles. The zero-order chi connectivity index (χ0) is 15.3. The van der Waals surface area contributed by atoms with Crippen LogP contribution in [-0.4, -0.2) is 34.1 Å². The van der Waals surface area contributed by atoms with E-state index in [4.69, 9.17) is 15.9 Å². The third-order valence-electron chi connectivity index (χ3n) is 2.87. The van der Waals surface area contributed by atoms with E-state index >= 15 is 0 Å². The van der Waals surface area contributed by atoms with Crippen molar-refractivity contribution in [3.8, 4) is 0 Å². The summed E-state index contributed by atoms with van der Waals surface area (Å²) in [5.74, 6) is -2.99. The van der Waals surface area contributed by atoms with Gasteiger partial charge in [0, 0.05) is 17.7 Å². The van der Waals surface area contributed by atoms with Crippen LogP contribution in [0.2, 0.25) is 0 Å². The molecule has 1 rings (SSSR count). The van der Waals surface area contributed by atoms with E-state index in [-0.39, 0.29) is 18.4 Å². The predicted octanol–water partition coefficient (Wildman–Crippen LogP) is 0.625. The molecule has 0 saturated heterocycles. The van der Waals surface area contributed by atoms with Crippen LogP contribution in [0, 0.1) is 6.92 Å². The van der Waals surface area contributed by atoms with E-state index in [2.05, 4.69) is 5.32 Å². The molecule has 0 spiro atoms. The van der Waals surface area contributed by atoms with Crippen molar-refractivity contribution in [1.29, 1.82) is 0 Å². The molecule has 0 aliphatic carbocycles. The first-order valence-electron chi connectivity index (χ1n) is 5.93. The fourth-order valence-electron chi connectivity index (χ4n) is 1.66. The van der Waals surface area contributed by atoms with Crippen LogP contribution in [0.15, 0.2) is 18.2 Å². The van der Waals surface area contributed by atoms with Gasteiger partial charge in [0.1, 0.15) is 6.04 Å². The molecule has 1 unspecified atom stereocenters. The van der Waals surface area contributed by atoms with Gasteiger partial charge in [0.05, 0.1) is 0 Å². The Hall–Kier alpha value is -2.57. The number of anilines is 1. The Morgan fingerprint density at radius 1 is 1.30 bits per heavy atom. The summed E-state index contributed by atoms with van der Waals surface area (Å²) in [6.07, 6.45) is -0.523. The Bertz CT molecular complexity index is 542. The summed E-state index contributed by atoms with van der Waals surface area (Å²) >= 11 is 0. The number of benzene rings is 1. The first-order chi connectivity index (χ1) is 9.32. The number of rotatable bonds is 6. The van der Waals surface area contributed by atoms with Crippen molar-refractivity contribution in [3.05, 3.63) is 29.3 Å². The number of hydrogen-bond acceptors (Lipinski definition) is 4. The molecule has 7 heteroatoms. The van der Waals surface area contributed by atoms with Gasteiger partial charge < -0.3 is 21.3 Å². The molecule has 20 heavy (non-hydrogen) atoms. The number of nitrogens with one attached hydrogen (secondary N) is 1. The molecule has 0 heterocycles. The van der Waals surface area contributed by atoms with Crippen LogP contribution in [0.5, 0.6) is 0 Å². The fraction of sp³-hybridized carbons (Fsp3) is 0.308. The minimum absolute atomic E-state index is 0.183. The molecule has 1 aromatic rings. The number of carbonyl (C=O) groups is 3. The van der Waals surface area contributed by atoms with E-state index in [1.54, 1.807) is 19.1 Å². The first kappa shape index (κ1) is 15.5. The molecule has 108 valence electrons. The van der Waals surface area contributed by atoms with Crippen LogP contribution >= 0.6 is 0 Å². The standard InChI is InChI=1S/C13H16N2O5/c1-7-8(3-2-4-9(7)14)12(18)15-10(13(19)20)5-6-11(16)17/h2-4,10H,5-6,14H2,1H3,(H,15,18)(H,16,17)(H,19,20). The molecule has 1 amide bonds. The van der Waals surface area contributed by atoms with Crippen LogP contribution in [0.25, 0.3) is 0 Å². The van der Waals surface area contributed by atoms with Gasteiger partial charge in [-0.25, -0.2) is 4.79 Å². The molecular weight excluding hydrogens is 264 g/mol. The lowest BCUT2D eigenvalue weighted by Gasteiger charge is -2.15. The summed E-state index contributed by atoms with van der Waals surface area (Å²) in [6, 6.07) is 3.49. The summed E-state index contributed by atoms with van der Waals surface area (Å²) in [6.45, 7) is 1.65. The summed E-state index contributed by atoms with van der Waals surface area (Å²) in [4.78, 5) is 33.5. The van der Waals surface area contributed by atoms with E-state index in [1.807, 2.05) is 0 Å². The van der Waals surface area contributed by atoms with E-state index < -0.39 is 23.9 Å². The molecule has 0 aliphatic heterocycles. The van der Waals surface area contributed by atoms with Gasteiger partial charge in [0.2, 0.25) is 0 Å². The van der Waals surface area contributed by atoms with Gasteiger partial charge in [-0.05, 0) is 31.0 Å². The molecule has 7 nitrogen and oxygen atoms in total. The molecule has 1 atom stereocenters. The highest BCUT2D eigenvalue weighted by atomic mass is 16.4. The maximum absolute atomic E-state index is 12.0. The summed E-state index contributed by atoms with van der Waals surface area (Å²) < 4.78 is 0. The van der Waals surface area contributed by atoms with Crippen molar-refractivity contribution in [2.24, 2.45) is 0 Å².